The van der Waals surface area contributed by atoms with Gasteiger partial charge < -0.3 is 10.2 Å². The summed E-state index contributed by atoms with van der Waals surface area (Å²) in [4.78, 5) is 33.7. The summed E-state index contributed by atoms with van der Waals surface area (Å²) in [5.41, 5.74) is 2.88. The zero-order valence-corrected chi connectivity index (χ0v) is 16.6. The van der Waals surface area contributed by atoms with Crippen molar-refractivity contribution in [3.8, 4) is 5.69 Å². The lowest BCUT2D eigenvalue weighted by molar-refractivity contribution is 0.0930. The summed E-state index contributed by atoms with van der Waals surface area (Å²) in [7, 11) is 0. The molecule has 2 N–H and O–H groups in total. The Morgan fingerprint density at radius 2 is 1.90 bits per heavy atom. The number of aryl methyl sites for hydroxylation is 1. The first kappa shape index (κ1) is 18.9. The Labute approximate surface area is 168 Å². The third kappa shape index (κ3) is 4.06. The fraction of sp³-hybridized carbons (Fsp3) is 0.333. The maximum atomic E-state index is 12.8. The van der Waals surface area contributed by atoms with Crippen LogP contribution in [0.4, 0.5) is 5.95 Å². The van der Waals surface area contributed by atoms with Gasteiger partial charge in [0.15, 0.2) is 0 Å². The molecule has 1 aliphatic heterocycles. The van der Waals surface area contributed by atoms with Crippen molar-refractivity contribution in [2.75, 3.05) is 18.0 Å². The summed E-state index contributed by atoms with van der Waals surface area (Å²) < 4.78 is 1.78. The molecule has 8 heteroatoms. The Morgan fingerprint density at radius 3 is 2.59 bits per heavy atom. The lowest BCUT2D eigenvalue weighted by Gasteiger charge is -2.32. The number of para-hydroxylation sites is 1. The third-order valence-electron chi connectivity index (χ3n) is 5.24. The van der Waals surface area contributed by atoms with Crippen LogP contribution < -0.4 is 15.8 Å². The minimum Gasteiger partial charge on any atom is -0.349 e. The zero-order valence-electron chi connectivity index (χ0n) is 16.6. The number of benzene rings is 1. The van der Waals surface area contributed by atoms with Gasteiger partial charge in [-0.3, -0.25) is 14.6 Å². The number of piperidine rings is 1. The van der Waals surface area contributed by atoms with Crippen LogP contribution in [0, 0.1) is 13.8 Å². The van der Waals surface area contributed by atoms with Crippen molar-refractivity contribution >= 4 is 11.9 Å². The predicted molar refractivity (Wildman–Crippen MR) is 111 cm³/mol. The molecule has 1 saturated heterocycles. The van der Waals surface area contributed by atoms with Crippen molar-refractivity contribution in [2.24, 2.45) is 0 Å². The number of rotatable bonds is 4. The van der Waals surface area contributed by atoms with Crippen molar-refractivity contribution in [1.82, 2.24) is 25.1 Å². The highest BCUT2D eigenvalue weighted by molar-refractivity contribution is 5.95. The van der Waals surface area contributed by atoms with Crippen LogP contribution in [0.3, 0.4) is 0 Å². The van der Waals surface area contributed by atoms with E-state index in [4.69, 9.17) is 0 Å². The van der Waals surface area contributed by atoms with E-state index in [-0.39, 0.29) is 17.5 Å². The maximum absolute atomic E-state index is 12.8. The van der Waals surface area contributed by atoms with Crippen LogP contribution in [0.25, 0.3) is 5.69 Å². The summed E-state index contributed by atoms with van der Waals surface area (Å²) in [6.45, 7) is 5.15. The number of amides is 1. The Kier molecular flexibility index (Phi) is 5.16. The summed E-state index contributed by atoms with van der Waals surface area (Å²) in [5, 5.41) is 7.50. The van der Waals surface area contributed by atoms with E-state index in [0.717, 1.165) is 37.3 Å². The summed E-state index contributed by atoms with van der Waals surface area (Å²) in [6, 6.07) is 11.3. The molecule has 3 heterocycles. The van der Waals surface area contributed by atoms with Crippen molar-refractivity contribution in [2.45, 2.75) is 32.7 Å². The van der Waals surface area contributed by atoms with E-state index in [1.165, 1.54) is 6.07 Å². The lowest BCUT2D eigenvalue weighted by Crippen LogP contribution is -2.45. The van der Waals surface area contributed by atoms with Gasteiger partial charge >= 0.3 is 0 Å². The minimum atomic E-state index is -0.145. The van der Waals surface area contributed by atoms with Gasteiger partial charge in [-0.1, -0.05) is 18.2 Å². The van der Waals surface area contributed by atoms with Gasteiger partial charge in [0.05, 0.1) is 23.1 Å². The molecule has 1 amide bonds. The second-order valence-electron chi connectivity index (χ2n) is 7.34. The van der Waals surface area contributed by atoms with E-state index < -0.39 is 0 Å². The van der Waals surface area contributed by atoms with Crippen LogP contribution in [0.1, 0.15) is 34.6 Å². The first-order valence-corrected chi connectivity index (χ1v) is 9.75. The van der Waals surface area contributed by atoms with Crippen molar-refractivity contribution in [3.63, 3.8) is 0 Å². The van der Waals surface area contributed by atoms with Gasteiger partial charge in [0.25, 0.3) is 11.5 Å². The molecular weight excluding hydrogens is 368 g/mol. The van der Waals surface area contributed by atoms with Crippen LogP contribution in [0.2, 0.25) is 0 Å². The third-order valence-corrected chi connectivity index (χ3v) is 5.24. The maximum Gasteiger partial charge on any atom is 0.254 e. The SMILES string of the molecule is Cc1cc(=O)[nH]c(N2CCC(NC(=O)c3cnn(-c4ccccc4)c3C)CC2)n1. The molecule has 0 bridgehead atoms. The molecule has 1 aromatic carbocycles. The number of aromatic nitrogens is 4. The molecule has 1 fully saturated rings. The van der Waals surface area contributed by atoms with Crippen LogP contribution in [0.15, 0.2) is 47.4 Å². The molecule has 29 heavy (non-hydrogen) atoms. The van der Waals surface area contributed by atoms with Gasteiger partial charge in [-0.25, -0.2) is 9.67 Å². The molecular formula is C21H24N6O2. The Morgan fingerprint density at radius 1 is 1.17 bits per heavy atom. The van der Waals surface area contributed by atoms with Gasteiger partial charge in [0.1, 0.15) is 0 Å². The molecule has 150 valence electrons. The van der Waals surface area contributed by atoms with Crippen LogP contribution in [0.5, 0.6) is 0 Å². The van der Waals surface area contributed by atoms with Crippen molar-refractivity contribution in [3.05, 3.63) is 69.9 Å². The molecule has 8 nitrogen and oxygen atoms in total. The highest BCUT2D eigenvalue weighted by Crippen LogP contribution is 2.18. The number of H-pyrrole nitrogens is 1. The fourth-order valence-corrected chi connectivity index (χ4v) is 3.67. The number of hydrogen-bond acceptors (Lipinski definition) is 5. The second-order valence-corrected chi connectivity index (χ2v) is 7.34. The normalized spacial score (nSPS) is 14.8. The monoisotopic (exact) mass is 392 g/mol. The minimum absolute atomic E-state index is 0.0785. The second kappa shape index (κ2) is 7.90. The average Bonchev–Trinajstić information content (AvgIpc) is 3.10. The number of hydrogen-bond donors (Lipinski definition) is 2. The number of anilines is 1. The van der Waals surface area contributed by atoms with E-state index in [2.05, 4.69) is 25.3 Å². The summed E-state index contributed by atoms with van der Waals surface area (Å²) in [5.74, 6) is 0.491. The summed E-state index contributed by atoms with van der Waals surface area (Å²) >= 11 is 0. The van der Waals surface area contributed by atoms with Crippen LogP contribution >= 0.6 is 0 Å². The molecule has 3 aromatic rings. The Hall–Kier alpha value is -3.42. The summed E-state index contributed by atoms with van der Waals surface area (Å²) in [6.07, 6.45) is 3.19. The fourth-order valence-electron chi connectivity index (χ4n) is 3.67. The van der Waals surface area contributed by atoms with Gasteiger partial charge in [-0.15, -0.1) is 0 Å². The van der Waals surface area contributed by atoms with E-state index in [1.807, 2.05) is 44.2 Å². The number of aromatic amines is 1. The van der Waals surface area contributed by atoms with E-state index in [0.29, 0.717) is 17.2 Å². The highest BCUT2D eigenvalue weighted by atomic mass is 16.1. The molecule has 0 aliphatic carbocycles. The molecule has 0 radical (unpaired) electrons. The van der Waals surface area contributed by atoms with Gasteiger partial charge in [-0.05, 0) is 38.8 Å². The van der Waals surface area contributed by atoms with Gasteiger partial charge in [0, 0.05) is 30.9 Å². The molecule has 4 rings (SSSR count). The molecule has 1 aliphatic rings. The van der Waals surface area contributed by atoms with Gasteiger partial charge in [-0.2, -0.15) is 5.10 Å². The highest BCUT2D eigenvalue weighted by Gasteiger charge is 2.24. The number of carbonyl (C=O) groups excluding carboxylic acids is 1. The Balaban J connectivity index is 1.39. The van der Waals surface area contributed by atoms with Crippen LogP contribution in [-0.2, 0) is 0 Å². The van der Waals surface area contributed by atoms with Gasteiger partial charge in [0.2, 0.25) is 5.95 Å². The number of nitrogens with zero attached hydrogens (tertiary/aromatic N) is 4. The van der Waals surface area contributed by atoms with E-state index in [9.17, 15) is 9.59 Å². The first-order valence-electron chi connectivity index (χ1n) is 9.75. The zero-order chi connectivity index (χ0) is 20.4. The van der Waals surface area contributed by atoms with Crippen LogP contribution in [-0.4, -0.2) is 44.8 Å². The molecule has 0 saturated carbocycles. The number of carbonyl (C=O) groups is 1. The first-order chi connectivity index (χ1) is 14.0. The standard InChI is InChI=1S/C21H24N6O2/c1-14-12-19(28)25-21(23-14)26-10-8-16(9-11-26)24-20(29)18-13-22-27(15(18)2)17-6-4-3-5-7-17/h3-7,12-13,16H,8-11H2,1-2H3,(H,24,29)(H,23,25,28). The van der Waals surface area contributed by atoms with E-state index >= 15 is 0 Å². The topological polar surface area (TPSA) is 95.9 Å². The largest absolute Gasteiger partial charge is 0.349 e. The smallest absolute Gasteiger partial charge is 0.254 e. The molecule has 2 aromatic heterocycles. The number of nitrogens with one attached hydrogen (secondary N) is 2. The molecule has 0 unspecified atom stereocenters. The van der Waals surface area contributed by atoms with E-state index in [1.54, 1.807) is 10.9 Å². The van der Waals surface area contributed by atoms with Crippen molar-refractivity contribution in [1.29, 1.82) is 0 Å². The quantitative estimate of drug-likeness (QED) is 0.708. The van der Waals surface area contributed by atoms with Crippen molar-refractivity contribution < 1.29 is 4.79 Å². The average molecular weight is 392 g/mol. The predicted octanol–water partition coefficient (Wildman–Crippen LogP) is 1.97. The lowest BCUT2D eigenvalue weighted by atomic mass is 10.0. The molecule has 0 atom stereocenters. The molecule has 0 spiro atoms. The Bertz CT molecular complexity index is 1060.